The molecule has 1 aliphatic heterocycles. The lowest BCUT2D eigenvalue weighted by atomic mass is 10.1. The van der Waals surface area contributed by atoms with Crippen molar-refractivity contribution >= 4 is 38.3 Å². The highest BCUT2D eigenvalue weighted by molar-refractivity contribution is 7.22. The minimum atomic E-state index is -0.230. The number of hydrogen-bond donors (Lipinski definition) is 1. The van der Waals surface area contributed by atoms with E-state index in [0.717, 1.165) is 34.7 Å². The Bertz CT molecular complexity index is 542. The molecular formula is C12H13ClN2OS. The van der Waals surface area contributed by atoms with Crippen molar-refractivity contribution in [2.45, 2.75) is 18.9 Å². The van der Waals surface area contributed by atoms with Crippen LogP contribution in [0.15, 0.2) is 18.2 Å². The zero-order valence-corrected chi connectivity index (χ0v) is 10.8. The maximum Gasteiger partial charge on any atom is 0.186 e. The van der Waals surface area contributed by atoms with Crippen LogP contribution in [0.1, 0.15) is 12.8 Å². The van der Waals surface area contributed by atoms with Crippen LogP contribution < -0.4 is 4.90 Å². The molecule has 17 heavy (non-hydrogen) atoms. The minimum absolute atomic E-state index is 0.230. The van der Waals surface area contributed by atoms with Crippen LogP contribution in [-0.2, 0) is 0 Å². The first-order valence-corrected chi connectivity index (χ1v) is 6.91. The van der Waals surface area contributed by atoms with E-state index < -0.39 is 0 Å². The van der Waals surface area contributed by atoms with Crippen LogP contribution in [0.2, 0.25) is 5.02 Å². The summed E-state index contributed by atoms with van der Waals surface area (Å²) in [6.45, 7) is 1.64. The molecule has 0 aliphatic carbocycles. The third kappa shape index (κ3) is 2.12. The molecule has 1 saturated heterocycles. The average molecular weight is 269 g/mol. The summed E-state index contributed by atoms with van der Waals surface area (Å²) in [5, 5.41) is 11.3. The molecule has 0 amide bonds. The number of aromatic nitrogens is 1. The summed E-state index contributed by atoms with van der Waals surface area (Å²) in [5.41, 5.74) is 0.870. The van der Waals surface area contributed by atoms with Crippen molar-refractivity contribution in [3.05, 3.63) is 23.2 Å². The van der Waals surface area contributed by atoms with Gasteiger partial charge in [-0.2, -0.15) is 0 Å². The zero-order chi connectivity index (χ0) is 11.8. The summed E-state index contributed by atoms with van der Waals surface area (Å²) in [4.78, 5) is 6.72. The molecule has 1 unspecified atom stereocenters. The minimum Gasteiger partial charge on any atom is -0.391 e. The highest BCUT2D eigenvalue weighted by atomic mass is 35.5. The lowest BCUT2D eigenvalue weighted by Gasteiger charge is -2.29. The van der Waals surface area contributed by atoms with E-state index in [4.69, 9.17) is 11.6 Å². The summed E-state index contributed by atoms with van der Waals surface area (Å²) < 4.78 is 1.10. The quantitative estimate of drug-likeness (QED) is 0.864. The van der Waals surface area contributed by atoms with Gasteiger partial charge >= 0.3 is 0 Å². The van der Waals surface area contributed by atoms with Gasteiger partial charge in [0.25, 0.3) is 0 Å². The van der Waals surface area contributed by atoms with Crippen molar-refractivity contribution < 1.29 is 5.11 Å². The molecule has 1 atom stereocenters. The second kappa shape index (κ2) is 4.44. The second-order valence-electron chi connectivity index (χ2n) is 4.33. The van der Waals surface area contributed by atoms with Crippen LogP contribution >= 0.6 is 22.9 Å². The van der Waals surface area contributed by atoms with E-state index in [9.17, 15) is 5.11 Å². The second-order valence-corrected chi connectivity index (χ2v) is 5.74. The van der Waals surface area contributed by atoms with Crippen molar-refractivity contribution in [2.24, 2.45) is 0 Å². The lowest BCUT2D eigenvalue weighted by molar-refractivity contribution is 0.154. The molecule has 0 bridgehead atoms. The van der Waals surface area contributed by atoms with Gasteiger partial charge in [0.2, 0.25) is 0 Å². The molecule has 1 N–H and O–H groups in total. The molecule has 0 saturated carbocycles. The Balaban J connectivity index is 1.97. The van der Waals surface area contributed by atoms with E-state index in [2.05, 4.69) is 9.88 Å². The van der Waals surface area contributed by atoms with Gasteiger partial charge in [-0.3, -0.25) is 0 Å². The number of benzene rings is 1. The Labute approximate surface area is 109 Å². The Morgan fingerprint density at radius 1 is 1.47 bits per heavy atom. The number of fused-ring (bicyclic) bond motifs is 1. The van der Waals surface area contributed by atoms with E-state index in [1.165, 1.54) is 0 Å². The van der Waals surface area contributed by atoms with Crippen LogP contribution in [0.4, 0.5) is 5.13 Å². The van der Waals surface area contributed by atoms with Crippen molar-refractivity contribution in [1.29, 1.82) is 0 Å². The fourth-order valence-corrected chi connectivity index (χ4v) is 3.47. The molecule has 0 spiro atoms. The molecule has 1 aliphatic rings. The van der Waals surface area contributed by atoms with Crippen molar-refractivity contribution in [1.82, 2.24) is 4.98 Å². The number of aliphatic hydroxyl groups excluding tert-OH is 1. The molecule has 2 heterocycles. The van der Waals surface area contributed by atoms with Gasteiger partial charge in [0.15, 0.2) is 5.13 Å². The van der Waals surface area contributed by atoms with Crippen molar-refractivity contribution in [3.63, 3.8) is 0 Å². The summed E-state index contributed by atoms with van der Waals surface area (Å²) in [7, 11) is 0. The number of nitrogens with zero attached hydrogens (tertiary/aromatic N) is 2. The van der Waals surface area contributed by atoms with E-state index in [0.29, 0.717) is 11.6 Å². The van der Waals surface area contributed by atoms with Crippen LogP contribution in [-0.4, -0.2) is 29.3 Å². The normalized spacial score (nSPS) is 21.1. The highest BCUT2D eigenvalue weighted by Gasteiger charge is 2.20. The summed E-state index contributed by atoms with van der Waals surface area (Å²) in [5.74, 6) is 0. The number of piperidine rings is 1. The molecule has 1 fully saturated rings. The van der Waals surface area contributed by atoms with Crippen LogP contribution in [0.25, 0.3) is 10.2 Å². The van der Waals surface area contributed by atoms with E-state index in [1.54, 1.807) is 11.3 Å². The lowest BCUT2D eigenvalue weighted by Crippen LogP contribution is -2.38. The van der Waals surface area contributed by atoms with Crippen LogP contribution in [0.5, 0.6) is 0 Å². The average Bonchev–Trinajstić information content (AvgIpc) is 2.74. The molecule has 90 valence electrons. The Kier molecular flexibility index (Phi) is 2.94. The molecule has 1 aromatic heterocycles. The first kappa shape index (κ1) is 11.3. The molecule has 5 heteroatoms. The number of halogens is 1. The third-order valence-corrected chi connectivity index (χ3v) is 4.41. The number of anilines is 1. The van der Waals surface area contributed by atoms with Crippen molar-refractivity contribution in [3.8, 4) is 0 Å². The van der Waals surface area contributed by atoms with Gasteiger partial charge in [0, 0.05) is 13.1 Å². The molecule has 0 radical (unpaired) electrons. The van der Waals surface area contributed by atoms with Gasteiger partial charge in [-0.15, -0.1) is 0 Å². The predicted octanol–water partition coefficient (Wildman–Crippen LogP) is 2.91. The SMILES string of the molecule is OC1CCCN(c2nc3c(Cl)cccc3s2)C1. The Morgan fingerprint density at radius 2 is 2.35 bits per heavy atom. The smallest absolute Gasteiger partial charge is 0.186 e. The number of β-amino-alcohol motifs (C(OH)–C–C–N with tert-alkyl or cyclic N) is 1. The number of hydrogen-bond acceptors (Lipinski definition) is 4. The van der Waals surface area contributed by atoms with Gasteiger partial charge in [0.1, 0.15) is 5.52 Å². The molecular weight excluding hydrogens is 256 g/mol. The molecule has 1 aromatic carbocycles. The standard InChI is InChI=1S/C12H13ClN2OS/c13-9-4-1-5-10-11(9)14-12(17-10)15-6-2-3-8(16)7-15/h1,4-5,8,16H,2-3,6-7H2. The number of para-hydroxylation sites is 1. The molecule has 2 aromatic rings. The Morgan fingerprint density at radius 3 is 3.12 bits per heavy atom. The number of rotatable bonds is 1. The van der Waals surface area contributed by atoms with E-state index in [1.807, 2.05) is 18.2 Å². The molecule has 3 nitrogen and oxygen atoms in total. The van der Waals surface area contributed by atoms with Gasteiger partial charge in [-0.1, -0.05) is 29.0 Å². The fourth-order valence-electron chi connectivity index (χ4n) is 2.17. The van der Waals surface area contributed by atoms with Crippen LogP contribution in [0.3, 0.4) is 0 Å². The number of aliphatic hydroxyl groups is 1. The first-order chi connectivity index (χ1) is 8.24. The molecule has 3 rings (SSSR count). The van der Waals surface area contributed by atoms with E-state index >= 15 is 0 Å². The maximum atomic E-state index is 9.68. The Hall–Kier alpha value is -0.840. The third-order valence-electron chi connectivity index (χ3n) is 3.03. The predicted molar refractivity (Wildman–Crippen MR) is 72.1 cm³/mol. The summed E-state index contributed by atoms with van der Waals surface area (Å²) in [6.07, 6.45) is 1.68. The van der Waals surface area contributed by atoms with Gasteiger partial charge in [-0.05, 0) is 25.0 Å². The summed E-state index contributed by atoms with van der Waals surface area (Å²) in [6, 6.07) is 5.83. The topological polar surface area (TPSA) is 36.4 Å². The van der Waals surface area contributed by atoms with Gasteiger partial charge < -0.3 is 10.0 Å². The fraction of sp³-hybridized carbons (Fsp3) is 0.417. The van der Waals surface area contributed by atoms with E-state index in [-0.39, 0.29) is 6.10 Å². The van der Waals surface area contributed by atoms with Crippen molar-refractivity contribution in [2.75, 3.05) is 18.0 Å². The summed E-state index contributed by atoms with van der Waals surface area (Å²) >= 11 is 7.75. The zero-order valence-electron chi connectivity index (χ0n) is 9.27. The maximum absolute atomic E-state index is 9.68. The van der Waals surface area contributed by atoms with Gasteiger partial charge in [-0.25, -0.2) is 4.98 Å². The largest absolute Gasteiger partial charge is 0.391 e. The highest BCUT2D eigenvalue weighted by Crippen LogP contribution is 2.33. The number of thiazole rings is 1. The monoisotopic (exact) mass is 268 g/mol. The van der Waals surface area contributed by atoms with Crippen LogP contribution in [0, 0.1) is 0 Å². The van der Waals surface area contributed by atoms with Gasteiger partial charge in [0.05, 0.1) is 15.8 Å². The first-order valence-electron chi connectivity index (χ1n) is 5.72.